The van der Waals surface area contributed by atoms with Gasteiger partial charge in [-0.25, -0.2) is 9.18 Å². The molecule has 1 aromatic heterocycles. The van der Waals surface area contributed by atoms with E-state index in [1.165, 1.54) is 6.20 Å². The van der Waals surface area contributed by atoms with Crippen LogP contribution in [0.4, 0.5) is 9.18 Å². The Morgan fingerprint density at radius 3 is 2.36 bits per heavy atom. The first-order valence-corrected chi connectivity index (χ1v) is 12.4. The van der Waals surface area contributed by atoms with Crippen molar-refractivity contribution in [1.29, 1.82) is 0 Å². The zero-order chi connectivity index (χ0) is 21.8. The lowest BCUT2D eigenvalue weighted by molar-refractivity contribution is 0.0513. The SMILES string of the molecule is CC(C)(C)OC(=O)NC[C@@H](CC(=O)c1cncc(F)c1)CC(C)(C)[Si](C)(C)O. The van der Waals surface area contributed by atoms with E-state index < -0.39 is 25.8 Å². The summed E-state index contributed by atoms with van der Waals surface area (Å²) in [4.78, 5) is 38.9. The average molecular weight is 413 g/mol. The average Bonchev–Trinajstić information content (AvgIpc) is 2.49. The summed E-state index contributed by atoms with van der Waals surface area (Å²) in [6.07, 6.45) is 2.46. The molecule has 0 aliphatic carbocycles. The van der Waals surface area contributed by atoms with Gasteiger partial charge in [0, 0.05) is 24.7 Å². The number of Topliss-reactive ketones (excluding diaryl/α,β-unsaturated/α-hetero) is 1. The zero-order valence-electron chi connectivity index (χ0n) is 17.9. The van der Waals surface area contributed by atoms with Crippen LogP contribution in [-0.4, -0.2) is 42.1 Å². The molecule has 0 unspecified atom stereocenters. The molecule has 1 rings (SSSR count). The Morgan fingerprint density at radius 2 is 1.86 bits per heavy atom. The number of nitrogens with zero attached hydrogens (tertiary/aromatic N) is 1. The van der Waals surface area contributed by atoms with Crippen LogP contribution in [0.15, 0.2) is 18.5 Å². The van der Waals surface area contributed by atoms with Gasteiger partial charge in [-0.1, -0.05) is 13.8 Å². The number of nitrogens with one attached hydrogen (secondary N) is 1. The van der Waals surface area contributed by atoms with Gasteiger partial charge < -0.3 is 14.8 Å². The summed E-state index contributed by atoms with van der Waals surface area (Å²) < 4.78 is 18.6. The highest BCUT2D eigenvalue weighted by molar-refractivity contribution is 6.72. The molecule has 1 heterocycles. The summed E-state index contributed by atoms with van der Waals surface area (Å²) in [5.41, 5.74) is -0.428. The van der Waals surface area contributed by atoms with Crippen molar-refractivity contribution in [2.24, 2.45) is 5.92 Å². The van der Waals surface area contributed by atoms with Gasteiger partial charge >= 0.3 is 6.09 Å². The molecular weight excluding hydrogens is 379 g/mol. The molecule has 0 bridgehead atoms. The van der Waals surface area contributed by atoms with Crippen molar-refractivity contribution in [1.82, 2.24) is 10.3 Å². The highest BCUT2D eigenvalue weighted by Crippen LogP contribution is 2.42. The Bertz CT molecular complexity index is 696. The number of alkyl carbamates (subject to hydrolysis) is 1. The minimum absolute atomic E-state index is 0.106. The topological polar surface area (TPSA) is 88.5 Å². The highest BCUT2D eigenvalue weighted by Gasteiger charge is 2.40. The zero-order valence-corrected chi connectivity index (χ0v) is 18.9. The van der Waals surface area contributed by atoms with Gasteiger partial charge in [0.25, 0.3) is 0 Å². The number of aromatic nitrogens is 1. The number of ether oxygens (including phenoxy) is 1. The molecule has 2 N–H and O–H groups in total. The fourth-order valence-electron chi connectivity index (χ4n) is 2.67. The number of carbonyl (C=O) groups excluding carboxylic acids is 2. The van der Waals surface area contributed by atoms with Crippen LogP contribution in [0.25, 0.3) is 0 Å². The van der Waals surface area contributed by atoms with Crippen molar-refractivity contribution in [3.8, 4) is 0 Å². The van der Waals surface area contributed by atoms with E-state index in [2.05, 4.69) is 10.3 Å². The predicted octanol–water partition coefficient (Wildman–Crippen LogP) is 4.30. The molecule has 0 spiro atoms. The van der Waals surface area contributed by atoms with Crippen molar-refractivity contribution in [2.75, 3.05) is 6.54 Å². The van der Waals surface area contributed by atoms with Crippen molar-refractivity contribution in [3.63, 3.8) is 0 Å². The van der Waals surface area contributed by atoms with E-state index in [1.54, 1.807) is 20.8 Å². The van der Waals surface area contributed by atoms with E-state index in [0.717, 1.165) is 12.3 Å². The quantitative estimate of drug-likeness (QED) is 0.491. The smallest absolute Gasteiger partial charge is 0.407 e. The molecule has 158 valence electrons. The van der Waals surface area contributed by atoms with Gasteiger partial charge in [0.15, 0.2) is 14.1 Å². The van der Waals surface area contributed by atoms with E-state index in [0.29, 0.717) is 6.42 Å². The molecular formula is C20H33FN2O4Si. The molecule has 1 aromatic rings. The van der Waals surface area contributed by atoms with Crippen LogP contribution in [0, 0.1) is 11.7 Å². The number of pyridine rings is 1. The number of hydrogen-bond donors (Lipinski definition) is 2. The summed E-state index contributed by atoms with van der Waals surface area (Å²) in [6, 6.07) is 1.16. The summed E-state index contributed by atoms with van der Waals surface area (Å²) in [6.45, 7) is 13.2. The van der Waals surface area contributed by atoms with Crippen molar-refractivity contribution in [2.45, 2.75) is 71.2 Å². The number of carbonyl (C=O) groups is 2. The van der Waals surface area contributed by atoms with Gasteiger partial charge in [0.2, 0.25) is 0 Å². The van der Waals surface area contributed by atoms with Gasteiger partial charge in [-0.2, -0.15) is 0 Å². The van der Waals surface area contributed by atoms with Gasteiger partial charge in [-0.05, 0) is 57.3 Å². The van der Waals surface area contributed by atoms with Crippen LogP contribution >= 0.6 is 0 Å². The van der Waals surface area contributed by atoms with Crippen LogP contribution in [0.2, 0.25) is 18.1 Å². The molecule has 1 atom stereocenters. The molecule has 0 aliphatic rings. The van der Waals surface area contributed by atoms with Crippen LogP contribution in [-0.2, 0) is 4.74 Å². The normalized spacial score (nSPS) is 13.8. The Labute approximate surface area is 168 Å². The lowest BCUT2D eigenvalue weighted by atomic mass is 9.90. The Balaban J connectivity index is 2.91. The fourth-order valence-corrected chi connectivity index (χ4v) is 3.46. The molecule has 1 amide bonds. The van der Waals surface area contributed by atoms with E-state index in [4.69, 9.17) is 4.74 Å². The second-order valence-corrected chi connectivity index (χ2v) is 13.9. The maximum Gasteiger partial charge on any atom is 0.407 e. The molecule has 0 aromatic carbocycles. The number of halogens is 1. The Morgan fingerprint density at radius 1 is 1.25 bits per heavy atom. The monoisotopic (exact) mass is 412 g/mol. The first kappa shape index (κ1) is 24.2. The van der Waals surface area contributed by atoms with E-state index >= 15 is 0 Å². The minimum atomic E-state index is -2.51. The van der Waals surface area contributed by atoms with Crippen molar-refractivity contribution in [3.05, 3.63) is 29.8 Å². The van der Waals surface area contributed by atoms with Gasteiger partial charge in [0.05, 0.1) is 6.20 Å². The standard InChI is InChI=1S/C20H33FN2O4Si/c1-19(2,3)27-18(25)23-11-14(10-20(4,5)28(6,7)26)8-17(24)15-9-16(21)13-22-12-15/h9,12-14,26H,8,10-11H2,1-7H3,(H,23,25)/t14-/m0/s1. The highest BCUT2D eigenvalue weighted by atomic mass is 28.4. The van der Waals surface area contributed by atoms with Gasteiger partial charge in [0.1, 0.15) is 11.4 Å². The molecule has 8 heteroatoms. The van der Waals surface area contributed by atoms with Crippen molar-refractivity contribution >= 4 is 20.2 Å². The third-order valence-corrected chi connectivity index (χ3v) is 8.41. The molecule has 6 nitrogen and oxygen atoms in total. The summed E-state index contributed by atoms with van der Waals surface area (Å²) in [7, 11) is -2.51. The van der Waals surface area contributed by atoms with Crippen LogP contribution in [0.1, 0.15) is 57.8 Å². The molecule has 0 aliphatic heterocycles. The second-order valence-electron chi connectivity index (χ2n) is 9.41. The lowest BCUT2D eigenvalue weighted by Crippen LogP contribution is -2.42. The van der Waals surface area contributed by atoms with Crippen LogP contribution in [0.5, 0.6) is 0 Å². The largest absolute Gasteiger partial charge is 0.444 e. The first-order valence-electron chi connectivity index (χ1n) is 9.44. The number of hydrogen-bond acceptors (Lipinski definition) is 5. The number of rotatable bonds is 8. The maximum atomic E-state index is 13.4. The Hall–Kier alpha value is -1.80. The summed E-state index contributed by atoms with van der Waals surface area (Å²) in [5, 5.41) is 2.33. The van der Waals surface area contributed by atoms with E-state index in [1.807, 2.05) is 26.9 Å². The molecule has 28 heavy (non-hydrogen) atoms. The molecule has 0 saturated carbocycles. The van der Waals surface area contributed by atoms with E-state index in [-0.39, 0.29) is 35.3 Å². The molecule has 0 radical (unpaired) electrons. The second kappa shape index (κ2) is 9.13. The third-order valence-electron chi connectivity index (χ3n) is 4.89. The Kier molecular flexibility index (Phi) is 7.90. The van der Waals surface area contributed by atoms with Gasteiger partial charge in [-0.3, -0.25) is 9.78 Å². The van der Waals surface area contributed by atoms with Gasteiger partial charge in [-0.15, -0.1) is 0 Å². The lowest BCUT2D eigenvalue weighted by Gasteiger charge is -2.38. The van der Waals surface area contributed by atoms with Crippen LogP contribution in [0.3, 0.4) is 0 Å². The predicted molar refractivity (Wildman–Crippen MR) is 109 cm³/mol. The minimum Gasteiger partial charge on any atom is -0.444 e. The number of amides is 1. The van der Waals surface area contributed by atoms with E-state index in [9.17, 15) is 18.8 Å². The van der Waals surface area contributed by atoms with Crippen LogP contribution < -0.4 is 5.32 Å². The van der Waals surface area contributed by atoms with Crippen molar-refractivity contribution < 1.29 is 23.5 Å². The number of ketones is 1. The fraction of sp³-hybridized carbons (Fsp3) is 0.650. The third kappa shape index (κ3) is 8.06. The first-order chi connectivity index (χ1) is 12.6. The molecule has 0 fully saturated rings. The molecule has 0 saturated heterocycles. The maximum absolute atomic E-state index is 13.4. The summed E-state index contributed by atoms with van der Waals surface area (Å²) in [5.74, 6) is -1.06. The summed E-state index contributed by atoms with van der Waals surface area (Å²) >= 11 is 0.